The first-order valence-corrected chi connectivity index (χ1v) is 6.17. The third-order valence-corrected chi connectivity index (χ3v) is 3.44. The fraction of sp³-hybridized carbons (Fsp3) is 0.417. The lowest BCUT2D eigenvalue weighted by Gasteiger charge is -2.13. The first-order chi connectivity index (χ1) is 9.11. The molecule has 0 bridgehead atoms. The van der Waals surface area contributed by atoms with Gasteiger partial charge in [0.25, 0.3) is 5.56 Å². The van der Waals surface area contributed by atoms with E-state index in [1.54, 1.807) is 13.2 Å². The van der Waals surface area contributed by atoms with Crippen LogP contribution in [0.25, 0.3) is 11.0 Å². The van der Waals surface area contributed by atoms with Crippen LogP contribution >= 0.6 is 0 Å². The lowest BCUT2D eigenvalue weighted by Crippen LogP contribution is -2.37. The van der Waals surface area contributed by atoms with Crippen molar-refractivity contribution < 1.29 is 0 Å². The molecule has 7 nitrogen and oxygen atoms in total. The van der Waals surface area contributed by atoms with E-state index < -0.39 is 0 Å². The van der Waals surface area contributed by atoms with Crippen LogP contribution in [0.4, 0.5) is 11.4 Å². The van der Waals surface area contributed by atoms with Crippen molar-refractivity contribution in [1.29, 1.82) is 0 Å². The largest absolute Gasteiger partial charge is 0.382 e. The number of nitrogens with zero attached hydrogens (tertiary/aromatic N) is 3. The van der Waals surface area contributed by atoms with E-state index in [0.717, 1.165) is 35.5 Å². The third kappa shape index (κ3) is 1.61. The summed E-state index contributed by atoms with van der Waals surface area (Å²) in [5, 5.41) is 6.94. The number of nitrogens with one attached hydrogen (secondary N) is 2. The van der Waals surface area contributed by atoms with E-state index in [1.807, 2.05) is 0 Å². The van der Waals surface area contributed by atoms with E-state index in [-0.39, 0.29) is 11.2 Å². The van der Waals surface area contributed by atoms with Crippen molar-refractivity contribution in [3.8, 4) is 0 Å². The zero-order valence-electron chi connectivity index (χ0n) is 10.9. The van der Waals surface area contributed by atoms with Crippen LogP contribution in [-0.4, -0.2) is 27.2 Å². The van der Waals surface area contributed by atoms with E-state index in [0.29, 0.717) is 11.0 Å². The molecule has 0 atom stereocenters. The van der Waals surface area contributed by atoms with E-state index in [9.17, 15) is 9.59 Å². The van der Waals surface area contributed by atoms with Gasteiger partial charge < -0.3 is 10.6 Å². The molecule has 0 unspecified atom stereocenters. The van der Waals surface area contributed by atoms with Crippen molar-refractivity contribution in [3.63, 3.8) is 0 Å². The topological polar surface area (TPSA) is 81.0 Å². The van der Waals surface area contributed by atoms with Gasteiger partial charge in [-0.15, -0.1) is 0 Å². The molecule has 2 N–H and O–H groups in total. The van der Waals surface area contributed by atoms with Crippen molar-refractivity contribution in [2.75, 3.05) is 23.7 Å². The van der Waals surface area contributed by atoms with Crippen LogP contribution in [0.5, 0.6) is 0 Å². The normalized spacial score (nSPS) is 14.4. The second-order valence-electron chi connectivity index (χ2n) is 4.66. The number of hydrogen-bond acceptors (Lipinski definition) is 5. The summed E-state index contributed by atoms with van der Waals surface area (Å²) in [7, 11) is 3.10. The van der Waals surface area contributed by atoms with Gasteiger partial charge in [-0.3, -0.25) is 13.9 Å². The first kappa shape index (κ1) is 11.8. The van der Waals surface area contributed by atoms with Crippen LogP contribution in [0.1, 0.15) is 6.42 Å². The number of aryl methyl sites for hydroxylation is 1. The molecule has 0 aromatic carbocycles. The van der Waals surface area contributed by atoms with Crippen LogP contribution in [0.2, 0.25) is 0 Å². The molecular formula is C12H15N5O2. The number of aromatic nitrogens is 3. The molecule has 7 heteroatoms. The van der Waals surface area contributed by atoms with Gasteiger partial charge in [0.15, 0.2) is 5.65 Å². The molecule has 1 aliphatic rings. The summed E-state index contributed by atoms with van der Waals surface area (Å²) in [4.78, 5) is 28.5. The van der Waals surface area contributed by atoms with Gasteiger partial charge in [-0.05, 0) is 6.42 Å². The number of pyridine rings is 1. The summed E-state index contributed by atoms with van der Waals surface area (Å²) in [6.45, 7) is 1.62. The SMILES string of the molecule is Cn1c(=O)c2c3c(cnc2n(C)c1=O)NCCCN3. The standard InChI is InChI=1S/C12H15N5O2/c1-16-10-8(11(18)17(2)12(16)19)9-7(6-15-10)13-4-3-5-14-9/h6,13-14H,3-5H2,1-2H3. The van der Waals surface area contributed by atoms with Crippen molar-refractivity contribution >= 4 is 22.4 Å². The van der Waals surface area contributed by atoms with Gasteiger partial charge in [0.2, 0.25) is 0 Å². The highest BCUT2D eigenvalue weighted by molar-refractivity contribution is 5.95. The van der Waals surface area contributed by atoms with Gasteiger partial charge in [0.05, 0.1) is 17.6 Å². The Morgan fingerprint density at radius 2 is 1.89 bits per heavy atom. The van der Waals surface area contributed by atoms with Crippen LogP contribution in [-0.2, 0) is 14.1 Å². The molecule has 3 rings (SSSR count). The zero-order chi connectivity index (χ0) is 13.6. The summed E-state index contributed by atoms with van der Waals surface area (Å²) in [6, 6.07) is 0. The zero-order valence-corrected chi connectivity index (χ0v) is 10.9. The molecule has 0 fully saturated rings. The lowest BCUT2D eigenvalue weighted by molar-refractivity contribution is 0.708. The van der Waals surface area contributed by atoms with Gasteiger partial charge >= 0.3 is 5.69 Å². The predicted molar refractivity (Wildman–Crippen MR) is 73.8 cm³/mol. The Bertz CT molecular complexity index is 774. The van der Waals surface area contributed by atoms with Crippen LogP contribution in [0.15, 0.2) is 15.8 Å². The van der Waals surface area contributed by atoms with E-state index in [1.165, 1.54) is 11.6 Å². The number of fused-ring (bicyclic) bond motifs is 3. The third-order valence-electron chi connectivity index (χ3n) is 3.44. The quantitative estimate of drug-likeness (QED) is 0.690. The Hall–Kier alpha value is -2.31. The second-order valence-corrected chi connectivity index (χ2v) is 4.66. The Morgan fingerprint density at radius 3 is 2.68 bits per heavy atom. The first-order valence-electron chi connectivity index (χ1n) is 6.17. The minimum atomic E-state index is -0.369. The molecule has 0 spiro atoms. The maximum atomic E-state index is 12.3. The van der Waals surface area contributed by atoms with Crippen molar-refractivity contribution in [2.24, 2.45) is 14.1 Å². The van der Waals surface area contributed by atoms with Crippen molar-refractivity contribution in [1.82, 2.24) is 14.1 Å². The summed E-state index contributed by atoms with van der Waals surface area (Å²) < 4.78 is 2.50. The molecule has 3 heterocycles. The Labute approximate surface area is 108 Å². The highest BCUT2D eigenvalue weighted by Gasteiger charge is 2.17. The summed E-state index contributed by atoms with van der Waals surface area (Å²) in [6.07, 6.45) is 2.62. The molecule has 0 amide bonds. The molecule has 100 valence electrons. The molecule has 2 aromatic heterocycles. The smallest absolute Gasteiger partial charge is 0.332 e. The fourth-order valence-corrected chi connectivity index (χ4v) is 2.37. The van der Waals surface area contributed by atoms with Crippen LogP contribution in [0.3, 0.4) is 0 Å². The molecule has 0 saturated heterocycles. The van der Waals surface area contributed by atoms with Gasteiger partial charge in [-0.1, -0.05) is 0 Å². The minimum Gasteiger partial charge on any atom is -0.382 e. The number of hydrogen-bond donors (Lipinski definition) is 2. The summed E-state index contributed by atoms with van der Waals surface area (Å²) in [5.41, 5.74) is 1.26. The average Bonchev–Trinajstić information content (AvgIpc) is 2.66. The summed E-state index contributed by atoms with van der Waals surface area (Å²) in [5.74, 6) is 0. The second kappa shape index (κ2) is 4.11. The highest BCUT2D eigenvalue weighted by atomic mass is 16.2. The van der Waals surface area contributed by atoms with Gasteiger partial charge in [0, 0.05) is 27.2 Å². The number of rotatable bonds is 0. The van der Waals surface area contributed by atoms with E-state index >= 15 is 0 Å². The Balaban J connectivity index is 2.50. The molecule has 19 heavy (non-hydrogen) atoms. The van der Waals surface area contributed by atoms with Crippen molar-refractivity contribution in [2.45, 2.75) is 6.42 Å². The lowest BCUT2D eigenvalue weighted by atomic mass is 10.2. The van der Waals surface area contributed by atoms with E-state index in [4.69, 9.17) is 0 Å². The van der Waals surface area contributed by atoms with Gasteiger partial charge in [-0.25, -0.2) is 9.78 Å². The van der Waals surface area contributed by atoms with Crippen molar-refractivity contribution in [3.05, 3.63) is 27.0 Å². The summed E-state index contributed by atoms with van der Waals surface area (Å²) >= 11 is 0. The predicted octanol–water partition coefficient (Wildman–Crippen LogP) is -0.140. The molecular weight excluding hydrogens is 246 g/mol. The van der Waals surface area contributed by atoms with Gasteiger partial charge in [0.1, 0.15) is 5.39 Å². The van der Waals surface area contributed by atoms with Crippen LogP contribution < -0.4 is 21.9 Å². The number of anilines is 2. The molecule has 0 radical (unpaired) electrons. The van der Waals surface area contributed by atoms with E-state index in [2.05, 4.69) is 15.6 Å². The monoisotopic (exact) mass is 261 g/mol. The maximum Gasteiger partial charge on any atom is 0.332 e. The Kier molecular flexibility index (Phi) is 2.55. The molecule has 2 aromatic rings. The van der Waals surface area contributed by atoms with Crippen LogP contribution in [0, 0.1) is 0 Å². The fourth-order valence-electron chi connectivity index (χ4n) is 2.37. The van der Waals surface area contributed by atoms with Gasteiger partial charge in [-0.2, -0.15) is 0 Å². The average molecular weight is 261 g/mol. The molecule has 0 saturated carbocycles. The molecule has 0 aliphatic carbocycles. The minimum absolute atomic E-state index is 0.321. The maximum absolute atomic E-state index is 12.3. The highest BCUT2D eigenvalue weighted by Crippen LogP contribution is 2.28. The molecule has 1 aliphatic heterocycles. The Morgan fingerprint density at radius 1 is 1.16 bits per heavy atom.